The second-order valence-corrected chi connectivity index (χ2v) is 5.97. The fourth-order valence-corrected chi connectivity index (χ4v) is 3.09. The molecular weight excluding hydrogens is 276 g/mol. The quantitative estimate of drug-likeness (QED) is 0.771. The Balaban J connectivity index is 2.09. The molecule has 1 aliphatic carbocycles. The maximum absolute atomic E-state index is 4.75. The van der Waals surface area contributed by atoms with Crippen LogP contribution in [0.5, 0.6) is 0 Å². The van der Waals surface area contributed by atoms with Gasteiger partial charge in [0.15, 0.2) is 0 Å². The topological polar surface area (TPSA) is 15.6 Å². The smallest absolute Gasteiger partial charge is 0.112 e. The van der Waals surface area contributed by atoms with E-state index in [1.165, 1.54) is 23.3 Å². The molecule has 2 nitrogen and oxygen atoms in total. The van der Waals surface area contributed by atoms with Gasteiger partial charge in [-0.2, -0.15) is 0 Å². The van der Waals surface area contributed by atoms with Gasteiger partial charge in [0.25, 0.3) is 0 Å². The van der Waals surface area contributed by atoms with Gasteiger partial charge in [0.2, 0.25) is 0 Å². The van der Waals surface area contributed by atoms with Crippen molar-refractivity contribution in [3.8, 4) is 0 Å². The lowest BCUT2D eigenvalue weighted by molar-refractivity contribution is 0.270. The first-order valence-electron chi connectivity index (χ1n) is 6.05. The van der Waals surface area contributed by atoms with Gasteiger partial charge in [0.1, 0.15) is 6.04 Å². The first-order valence-corrected chi connectivity index (χ1v) is 6.84. The first-order chi connectivity index (χ1) is 8.15. The summed E-state index contributed by atoms with van der Waals surface area (Å²) in [5.74, 6) is 0. The molecule has 1 aliphatic heterocycles. The molecule has 1 aromatic rings. The number of rotatable bonds is 1. The van der Waals surface area contributed by atoms with Crippen LogP contribution in [0.3, 0.4) is 0 Å². The molecule has 1 radical (unpaired) electrons. The summed E-state index contributed by atoms with van der Waals surface area (Å²) in [5.41, 5.74) is 1.46. The highest BCUT2D eigenvalue weighted by Gasteiger charge is 2.30. The van der Waals surface area contributed by atoms with E-state index in [0.717, 1.165) is 22.7 Å². The molecule has 2 aliphatic rings. The van der Waals surface area contributed by atoms with Crippen molar-refractivity contribution in [3.63, 3.8) is 0 Å². The SMILES string of the molecule is CN(C)C1CC[C]2N=c3ccc(Br)cc3=C2C1. The summed E-state index contributed by atoms with van der Waals surface area (Å²) in [6.07, 6.45) is 3.48. The lowest BCUT2D eigenvalue weighted by Gasteiger charge is -2.31. The Hall–Kier alpha value is -0.670. The van der Waals surface area contributed by atoms with Gasteiger partial charge >= 0.3 is 0 Å². The molecule has 1 saturated carbocycles. The number of hydrogen-bond donors (Lipinski definition) is 0. The largest absolute Gasteiger partial charge is 0.306 e. The normalized spacial score (nSPS) is 23.5. The van der Waals surface area contributed by atoms with Crippen LogP contribution < -0.4 is 10.6 Å². The monoisotopic (exact) mass is 291 g/mol. The predicted molar refractivity (Wildman–Crippen MR) is 72.9 cm³/mol. The third kappa shape index (κ3) is 1.95. The molecule has 0 aromatic heterocycles. The van der Waals surface area contributed by atoms with Gasteiger partial charge in [-0.05, 0) is 57.1 Å². The summed E-state index contributed by atoms with van der Waals surface area (Å²) >= 11 is 3.55. The Morgan fingerprint density at radius 2 is 2.18 bits per heavy atom. The molecule has 1 fully saturated rings. The fraction of sp³-hybridized carbons (Fsp3) is 0.429. The van der Waals surface area contributed by atoms with Crippen LogP contribution in [-0.4, -0.2) is 25.0 Å². The number of fused-ring (bicyclic) bond motifs is 2. The first kappa shape index (κ1) is 11.4. The second kappa shape index (κ2) is 4.21. The summed E-state index contributed by atoms with van der Waals surface area (Å²) < 4.78 is 1.15. The predicted octanol–water partition coefficient (Wildman–Crippen LogP) is 1.88. The summed E-state index contributed by atoms with van der Waals surface area (Å²) in [6, 6.07) is 8.37. The molecular formula is C14H16BrN2. The molecule has 1 aromatic carbocycles. The van der Waals surface area contributed by atoms with Crippen LogP contribution in [0.4, 0.5) is 0 Å². The highest BCUT2D eigenvalue weighted by molar-refractivity contribution is 9.10. The van der Waals surface area contributed by atoms with Crippen molar-refractivity contribution in [2.75, 3.05) is 14.1 Å². The molecule has 3 heteroatoms. The van der Waals surface area contributed by atoms with Crippen molar-refractivity contribution >= 4 is 21.5 Å². The highest BCUT2D eigenvalue weighted by atomic mass is 79.9. The van der Waals surface area contributed by atoms with Crippen molar-refractivity contribution in [2.45, 2.75) is 25.3 Å². The summed E-state index contributed by atoms with van der Waals surface area (Å²) in [7, 11) is 4.34. The van der Waals surface area contributed by atoms with Gasteiger partial charge in [-0.25, -0.2) is 0 Å². The molecule has 0 N–H and O–H groups in total. The van der Waals surface area contributed by atoms with E-state index in [4.69, 9.17) is 4.99 Å². The van der Waals surface area contributed by atoms with Crippen molar-refractivity contribution in [3.05, 3.63) is 39.3 Å². The Bertz CT molecular complexity index is 562. The fourth-order valence-electron chi connectivity index (χ4n) is 2.73. The van der Waals surface area contributed by atoms with Crippen LogP contribution in [-0.2, 0) is 0 Å². The zero-order valence-electron chi connectivity index (χ0n) is 10.2. The minimum absolute atomic E-state index is 0.661. The lowest BCUT2D eigenvalue weighted by Crippen LogP contribution is -2.33. The maximum atomic E-state index is 4.75. The van der Waals surface area contributed by atoms with E-state index in [1.807, 2.05) is 0 Å². The summed E-state index contributed by atoms with van der Waals surface area (Å²) in [4.78, 5) is 7.08. The van der Waals surface area contributed by atoms with Gasteiger partial charge in [0, 0.05) is 15.7 Å². The van der Waals surface area contributed by atoms with E-state index in [0.29, 0.717) is 6.04 Å². The minimum Gasteiger partial charge on any atom is -0.306 e. The Labute approximate surface area is 110 Å². The van der Waals surface area contributed by atoms with Crippen molar-refractivity contribution in [1.29, 1.82) is 0 Å². The summed E-state index contributed by atoms with van der Waals surface area (Å²) in [6.45, 7) is 0. The van der Waals surface area contributed by atoms with Gasteiger partial charge in [-0.15, -0.1) is 0 Å². The minimum atomic E-state index is 0.661. The molecule has 3 rings (SSSR count). The molecule has 0 bridgehead atoms. The zero-order chi connectivity index (χ0) is 12.0. The Kier molecular flexibility index (Phi) is 2.83. The van der Waals surface area contributed by atoms with Gasteiger partial charge in [0.05, 0.1) is 5.36 Å². The maximum Gasteiger partial charge on any atom is 0.112 e. The number of nitrogens with zero attached hydrogens (tertiary/aromatic N) is 2. The second-order valence-electron chi connectivity index (χ2n) is 5.06. The van der Waals surface area contributed by atoms with Crippen molar-refractivity contribution in [1.82, 2.24) is 4.90 Å². The van der Waals surface area contributed by atoms with Crippen molar-refractivity contribution in [2.24, 2.45) is 4.99 Å². The molecule has 1 heterocycles. The Morgan fingerprint density at radius 1 is 1.35 bits per heavy atom. The molecule has 89 valence electrons. The average Bonchev–Trinajstić information content (AvgIpc) is 2.66. The lowest BCUT2D eigenvalue weighted by atomic mass is 9.86. The van der Waals surface area contributed by atoms with Gasteiger partial charge < -0.3 is 4.90 Å². The third-order valence-corrected chi connectivity index (χ3v) is 4.27. The standard InChI is InChI=1S/C14H16BrN2/c1-17(2)10-4-6-14-12(8-10)11-7-9(15)3-5-13(11)16-14/h3,5,7,10H,4,6,8H2,1-2H3. The average molecular weight is 292 g/mol. The number of hydrogen-bond acceptors (Lipinski definition) is 2. The molecule has 0 saturated heterocycles. The van der Waals surface area contributed by atoms with Crippen LogP contribution in [0.1, 0.15) is 19.3 Å². The van der Waals surface area contributed by atoms with E-state index in [9.17, 15) is 0 Å². The zero-order valence-corrected chi connectivity index (χ0v) is 11.8. The molecule has 0 amide bonds. The van der Waals surface area contributed by atoms with E-state index in [1.54, 1.807) is 0 Å². The third-order valence-electron chi connectivity index (χ3n) is 3.77. The number of benzene rings is 1. The van der Waals surface area contributed by atoms with Crippen molar-refractivity contribution < 1.29 is 0 Å². The van der Waals surface area contributed by atoms with Crippen LogP contribution in [0.15, 0.2) is 27.7 Å². The van der Waals surface area contributed by atoms with E-state index < -0.39 is 0 Å². The van der Waals surface area contributed by atoms with Crippen LogP contribution in [0.25, 0.3) is 5.57 Å². The van der Waals surface area contributed by atoms with E-state index >= 15 is 0 Å². The molecule has 1 atom stereocenters. The van der Waals surface area contributed by atoms with Crippen LogP contribution >= 0.6 is 15.9 Å². The van der Waals surface area contributed by atoms with E-state index in [-0.39, 0.29) is 0 Å². The summed E-state index contributed by atoms with van der Waals surface area (Å²) in [5, 5.41) is 2.48. The number of halogens is 1. The Morgan fingerprint density at radius 3 is 2.94 bits per heavy atom. The molecule has 0 spiro atoms. The molecule has 1 unspecified atom stereocenters. The van der Waals surface area contributed by atoms with Crippen LogP contribution in [0.2, 0.25) is 0 Å². The molecule has 17 heavy (non-hydrogen) atoms. The van der Waals surface area contributed by atoms with Crippen LogP contribution in [0, 0.1) is 6.04 Å². The highest BCUT2D eigenvalue weighted by Crippen LogP contribution is 2.35. The van der Waals surface area contributed by atoms with Gasteiger partial charge in [-0.1, -0.05) is 15.9 Å². The van der Waals surface area contributed by atoms with E-state index in [2.05, 4.69) is 53.1 Å². The van der Waals surface area contributed by atoms with Gasteiger partial charge in [-0.3, -0.25) is 4.99 Å².